The van der Waals surface area contributed by atoms with Crippen molar-refractivity contribution in [3.05, 3.63) is 89.9 Å². The normalized spacial score (nSPS) is 11.4. The Morgan fingerprint density at radius 3 is 2.38 bits per heavy atom. The van der Waals surface area contributed by atoms with Gasteiger partial charge in [-0.05, 0) is 41.8 Å². The van der Waals surface area contributed by atoms with Crippen molar-refractivity contribution in [3.63, 3.8) is 0 Å². The van der Waals surface area contributed by atoms with Crippen LogP contribution in [0, 0.1) is 0 Å². The topological polar surface area (TPSA) is 68.3 Å². The third-order valence-electron chi connectivity index (χ3n) is 4.19. The molecule has 26 heavy (non-hydrogen) atoms. The molecule has 5 heteroatoms. The minimum Gasteiger partial charge on any atom is -0.469 e. The highest BCUT2D eigenvalue weighted by atomic mass is 35.5. The number of amides is 1. The molecule has 3 N–H and O–H groups in total. The Morgan fingerprint density at radius 2 is 1.73 bits per heavy atom. The lowest BCUT2D eigenvalue weighted by Crippen LogP contribution is -2.27. The van der Waals surface area contributed by atoms with Crippen molar-refractivity contribution in [2.75, 3.05) is 12.3 Å². The third kappa shape index (κ3) is 5.39. The third-order valence-corrected chi connectivity index (χ3v) is 4.19. The fourth-order valence-electron chi connectivity index (χ4n) is 2.89. The highest BCUT2D eigenvalue weighted by Gasteiger charge is 2.16. The number of nitrogens with one attached hydrogen (secondary N) is 1. The van der Waals surface area contributed by atoms with E-state index in [4.69, 9.17) is 10.2 Å². The molecule has 3 rings (SSSR count). The summed E-state index contributed by atoms with van der Waals surface area (Å²) in [6.07, 6.45) is 2.83. The van der Waals surface area contributed by atoms with Crippen molar-refractivity contribution in [3.8, 4) is 0 Å². The van der Waals surface area contributed by atoms with E-state index in [0.29, 0.717) is 18.7 Å². The first-order valence-electron chi connectivity index (χ1n) is 8.42. The van der Waals surface area contributed by atoms with Gasteiger partial charge in [-0.1, -0.05) is 42.5 Å². The minimum atomic E-state index is 0. The number of rotatable bonds is 7. The largest absolute Gasteiger partial charge is 0.469 e. The second-order valence-corrected chi connectivity index (χ2v) is 6.04. The van der Waals surface area contributed by atoms with Crippen molar-refractivity contribution in [1.82, 2.24) is 5.32 Å². The van der Waals surface area contributed by atoms with Crippen LogP contribution in [-0.2, 0) is 11.2 Å². The summed E-state index contributed by atoms with van der Waals surface area (Å²) < 4.78 is 5.59. The number of hydrogen-bond acceptors (Lipinski definition) is 3. The maximum atomic E-state index is 12.1. The number of carbonyl (C=O) groups is 1. The van der Waals surface area contributed by atoms with Gasteiger partial charge in [-0.15, -0.1) is 12.4 Å². The van der Waals surface area contributed by atoms with Crippen LogP contribution in [0.2, 0.25) is 0 Å². The Balaban J connectivity index is 0.00000243. The van der Waals surface area contributed by atoms with Crippen LogP contribution in [0.4, 0.5) is 5.69 Å². The molecule has 1 unspecified atom stereocenters. The van der Waals surface area contributed by atoms with E-state index in [0.717, 1.165) is 17.7 Å². The molecule has 0 aliphatic carbocycles. The van der Waals surface area contributed by atoms with Gasteiger partial charge in [-0.3, -0.25) is 4.79 Å². The molecule has 0 saturated carbocycles. The summed E-state index contributed by atoms with van der Waals surface area (Å²) in [5, 5.41) is 3.00. The maximum Gasteiger partial charge on any atom is 0.224 e. The summed E-state index contributed by atoms with van der Waals surface area (Å²) in [7, 11) is 0. The van der Waals surface area contributed by atoms with Gasteiger partial charge >= 0.3 is 0 Å². The molecule has 1 amide bonds. The molecular weight excluding hydrogens is 348 g/mol. The first kappa shape index (κ1) is 19.6. The number of hydrogen-bond donors (Lipinski definition) is 2. The zero-order valence-corrected chi connectivity index (χ0v) is 15.2. The quantitative estimate of drug-likeness (QED) is 0.613. The first-order chi connectivity index (χ1) is 12.2. The van der Waals surface area contributed by atoms with E-state index in [2.05, 4.69) is 17.4 Å². The minimum absolute atomic E-state index is 0. The number of nitrogens with two attached hydrogens (primary N) is 1. The molecule has 0 aliphatic heterocycles. The summed E-state index contributed by atoms with van der Waals surface area (Å²) in [5.74, 6) is 1.06. The number of halogens is 1. The van der Waals surface area contributed by atoms with Gasteiger partial charge in [0.2, 0.25) is 5.91 Å². The molecule has 0 aliphatic rings. The fourth-order valence-corrected chi connectivity index (χ4v) is 2.89. The molecule has 1 atom stereocenters. The number of anilines is 1. The second-order valence-electron chi connectivity index (χ2n) is 6.04. The predicted octanol–water partition coefficient (Wildman–Crippen LogP) is 4.16. The molecule has 0 radical (unpaired) electrons. The van der Waals surface area contributed by atoms with Crippen molar-refractivity contribution >= 4 is 24.0 Å². The molecule has 0 bridgehead atoms. The van der Waals surface area contributed by atoms with Gasteiger partial charge in [0.15, 0.2) is 0 Å². The van der Waals surface area contributed by atoms with E-state index in [1.807, 2.05) is 54.6 Å². The molecule has 0 saturated heterocycles. The zero-order valence-electron chi connectivity index (χ0n) is 14.4. The van der Waals surface area contributed by atoms with E-state index < -0.39 is 0 Å². The number of carbonyl (C=O) groups excluding carboxylic acids is 1. The van der Waals surface area contributed by atoms with Crippen molar-refractivity contribution < 1.29 is 9.21 Å². The molecule has 1 heterocycles. The van der Waals surface area contributed by atoms with Crippen LogP contribution in [-0.4, -0.2) is 12.5 Å². The van der Waals surface area contributed by atoms with Crippen LogP contribution in [0.3, 0.4) is 0 Å². The van der Waals surface area contributed by atoms with E-state index in [1.54, 1.807) is 6.26 Å². The average Bonchev–Trinajstić information content (AvgIpc) is 3.16. The molecular formula is C21H23ClN2O2. The summed E-state index contributed by atoms with van der Waals surface area (Å²) in [6.45, 7) is 0.591. The van der Waals surface area contributed by atoms with Crippen LogP contribution < -0.4 is 11.1 Å². The van der Waals surface area contributed by atoms with Gasteiger partial charge in [-0.2, -0.15) is 0 Å². The average molecular weight is 371 g/mol. The molecule has 136 valence electrons. The van der Waals surface area contributed by atoms with Crippen LogP contribution in [0.1, 0.15) is 29.2 Å². The lowest BCUT2D eigenvalue weighted by Gasteiger charge is -2.15. The lowest BCUT2D eigenvalue weighted by atomic mass is 9.93. The van der Waals surface area contributed by atoms with Crippen molar-refractivity contribution in [2.45, 2.75) is 18.8 Å². The predicted molar refractivity (Wildman–Crippen MR) is 106 cm³/mol. The Labute approximate surface area is 159 Å². The lowest BCUT2D eigenvalue weighted by molar-refractivity contribution is -0.120. The van der Waals surface area contributed by atoms with Gasteiger partial charge in [-0.25, -0.2) is 0 Å². The van der Waals surface area contributed by atoms with Gasteiger partial charge < -0.3 is 15.5 Å². The zero-order chi connectivity index (χ0) is 17.5. The summed E-state index contributed by atoms with van der Waals surface area (Å²) >= 11 is 0. The monoisotopic (exact) mass is 370 g/mol. The fraction of sp³-hybridized carbons (Fsp3) is 0.190. The second kappa shape index (κ2) is 9.68. The van der Waals surface area contributed by atoms with Crippen LogP contribution >= 0.6 is 12.4 Å². The summed E-state index contributed by atoms with van der Waals surface area (Å²) in [5.41, 5.74) is 8.51. The smallest absolute Gasteiger partial charge is 0.224 e. The number of benzene rings is 2. The maximum absolute atomic E-state index is 12.1. The SMILES string of the molecule is Cl.Nc1ccc(CC(=O)NCCC(c2ccccc2)c2ccco2)cc1. The molecule has 0 fully saturated rings. The Bertz CT molecular complexity index is 787. The number of furan rings is 1. The van der Waals surface area contributed by atoms with E-state index in [1.165, 1.54) is 5.56 Å². The molecule has 1 aromatic heterocycles. The standard InChI is InChI=1S/C21H22N2O2.ClH/c22-18-10-8-16(9-11-18)15-21(24)23-13-12-19(20-7-4-14-25-20)17-5-2-1-3-6-17;/h1-11,14,19H,12-13,15,22H2,(H,23,24);1H. The molecule has 0 spiro atoms. The van der Waals surface area contributed by atoms with E-state index in [9.17, 15) is 4.79 Å². The van der Waals surface area contributed by atoms with Crippen LogP contribution in [0.25, 0.3) is 0 Å². The van der Waals surface area contributed by atoms with Gasteiger partial charge in [0.1, 0.15) is 5.76 Å². The highest BCUT2D eigenvalue weighted by molar-refractivity contribution is 5.85. The number of nitrogen functional groups attached to an aromatic ring is 1. The summed E-state index contributed by atoms with van der Waals surface area (Å²) in [4.78, 5) is 12.1. The van der Waals surface area contributed by atoms with Gasteiger partial charge in [0, 0.05) is 18.2 Å². The van der Waals surface area contributed by atoms with E-state index >= 15 is 0 Å². The Kier molecular flexibility index (Phi) is 7.30. The molecule has 3 aromatic rings. The van der Waals surface area contributed by atoms with Crippen molar-refractivity contribution in [1.29, 1.82) is 0 Å². The Morgan fingerprint density at radius 1 is 1.00 bits per heavy atom. The van der Waals surface area contributed by atoms with Crippen LogP contribution in [0.15, 0.2) is 77.4 Å². The van der Waals surface area contributed by atoms with Crippen LogP contribution in [0.5, 0.6) is 0 Å². The van der Waals surface area contributed by atoms with Gasteiger partial charge in [0.05, 0.1) is 12.7 Å². The Hall–Kier alpha value is -2.72. The molecule has 4 nitrogen and oxygen atoms in total. The summed E-state index contributed by atoms with van der Waals surface area (Å²) in [6, 6.07) is 21.5. The van der Waals surface area contributed by atoms with E-state index in [-0.39, 0.29) is 24.2 Å². The first-order valence-corrected chi connectivity index (χ1v) is 8.42. The van der Waals surface area contributed by atoms with Gasteiger partial charge in [0.25, 0.3) is 0 Å². The van der Waals surface area contributed by atoms with Crippen molar-refractivity contribution in [2.24, 2.45) is 0 Å². The molecule has 2 aromatic carbocycles. The highest BCUT2D eigenvalue weighted by Crippen LogP contribution is 2.27.